The van der Waals surface area contributed by atoms with Crippen molar-refractivity contribution in [3.8, 4) is 5.75 Å². The predicted octanol–water partition coefficient (Wildman–Crippen LogP) is 4.65. The van der Waals surface area contributed by atoms with Crippen LogP contribution in [0.4, 0.5) is 5.00 Å². The van der Waals surface area contributed by atoms with Gasteiger partial charge in [-0.1, -0.05) is 31.4 Å². The van der Waals surface area contributed by atoms with Crippen LogP contribution < -0.4 is 15.8 Å². The lowest BCUT2D eigenvalue weighted by molar-refractivity contribution is -0.117. The fraction of sp³-hybridized carbons (Fsp3) is 0.429. The van der Waals surface area contributed by atoms with E-state index >= 15 is 0 Å². The Kier molecular flexibility index (Phi) is 6.16. The number of nitrogens with one attached hydrogen (secondary N) is 1. The van der Waals surface area contributed by atoms with Gasteiger partial charge >= 0.3 is 0 Å². The van der Waals surface area contributed by atoms with Crippen molar-refractivity contribution in [3.63, 3.8) is 0 Å². The van der Waals surface area contributed by atoms with Crippen molar-refractivity contribution in [2.45, 2.75) is 50.9 Å². The highest BCUT2D eigenvalue weighted by Gasteiger charge is 2.26. The molecule has 1 fully saturated rings. The number of amides is 2. The number of methoxy groups -OCH3 is 1. The largest absolute Gasteiger partial charge is 0.497 e. The maximum Gasteiger partial charge on any atom is 0.251 e. The lowest BCUT2D eigenvalue weighted by atomic mass is 9.83. The fourth-order valence-corrected chi connectivity index (χ4v) is 4.75. The summed E-state index contributed by atoms with van der Waals surface area (Å²) >= 11 is 1.39. The molecule has 2 amide bonds. The van der Waals surface area contributed by atoms with E-state index in [1.807, 2.05) is 36.6 Å². The van der Waals surface area contributed by atoms with E-state index in [9.17, 15) is 9.59 Å². The maximum atomic E-state index is 12.7. The van der Waals surface area contributed by atoms with Gasteiger partial charge < -0.3 is 15.8 Å². The maximum absolute atomic E-state index is 12.7. The molecule has 2 aromatic rings. The van der Waals surface area contributed by atoms with Crippen molar-refractivity contribution >= 4 is 28.2 Å². The minimum absolute atomic E-state index is 0.153. The van der Waals surface area contributed by atoms with Gasteiger partial charge in [0.05, 0.1) is 18.6 Å². The van der Waals surface area contributed by atoms with E-state index in [1.165, 1.54) is 30.6 Å². The van der Waals surface area contributed by atoms with Gasteiger partial charge in [0, 0.05) is 0 Å². The minimum Gasteiger partial charge on any atom is -0.497 e. The summed E-state index contributed by atoms with van der Waals surface area (Å²) in [5.41, 5.74) is 8.04. The molecule has 6 heteroatoms. The zero-order valence-corrected chi connectivity index (χ0v) is 16.6. The average Bonchev–Trinajstić information content (AvgIpc) is 3.12. The number of primary amides is 1. The Morgan fingerprint density at radius 2 is 1.85 bits per heavy atom. The third-order valence-electron chi connectivity index (χ3n) is 5.36. The van der Waals surface area contributed by atoms with Gasteiger partial charge in [-0.3, -0.25) is 9.59 Å². The zero-order valence-electron chi connectivity index (χ0n) is 15.8. The monoisotopic (exact) mass is 386 g/mol. The molecular weight excluding hydrogens is 360 g/mol. The smallest absolute Gasteiger partial charge is 0.251 e. The van der Waals surface area contributed by atoms with E-state index in [-0.39, 0.29) is 11.8 Å². The van der Waals surface area contributed by atoms with Crippen LogP contribution in [-0.2, 0) is 4.79 Å². The summed E-state index contributed by atoms with van der Waals surface area (Å²) in [6.07, 6.45) is 5.75. The van der Waals surface area contributed by atoms with Crippen molar-refractivity contribution in [1.82, 2.24) is 0 Å². The number of rotatable bonds is 6. The Morgan fingerprint density at radius 1 is 1.19 bits per heavy atom. The molecule has 0 aliphatic heterocycles. The molecule has 3 N–H and O–H groups in total. The van der Waals surface area contributed by atoms with Crippen LogP contribution in [0.15, 0.2) is 29.6 Å². The van der Waals surface area contributed by atoms with Gasteiger partial charge in [-0.2, -0.15) is 0 Å². The van der Waals surface area contributed by atoms with Gasteiger partial charge in [-0.15, -0.1) is 11.3 Å². The highest BCUT2D eigenvalue weighted by Crippen LogP contribution is 2.40. The molecule has 1 unspecified atom stereocenters. The van der Waals surface area contributed by atoms with E-state index in [0.29, 0.717) is 16.5 Å². The normalized spacial score (nSPS) is 15.9. The van der Waals surface area contributed by atoms with Crippen LogP contribution in [-0.4, -0.2) is 18.9 Å². The number of thiophene rings is 1. The Hall–Kier alpha value is -2.34. The number of nitrogens with two attached hydrogens (primary N) is 1. The molecule has 1 aromatic heterocycles. The summed E-state index contributed by atoms with van der Waals surface area (Å²) in [7, 11) is 1.61. The molecule has 1 aromatic carbocycles. The third kappa shape index (κ3) is 4.33. The summed E-state index contributed by atoms with van der Waals surface area (Å²) in [4.78, 5) is 24.8. The summed E-state index contributed by atoms with van der Waals surface area (Å²) < 4.78 is 5.16. The number of carbonyl (C=O) groups excluding carboxylic acids is 2. The number of hydrogen-bond acceptors (Lipinski definition) is 4. The molecule has 1 aliphatic rings. The standard InChI is InChI=1S/C21H26N2O3S/c1-13(14-8-10-16(26-2)11-9-14)20(25)23-21-18(19(22)24)17(12-27-21)15-6-4-3-5-7-15/h8-13,15H,3-7H2,1-2H3,(H2,22,24)(H,23,25). The average molecular weight is 387 g/mol. The second-order valence-corrected chi connectivity index (χ2v) is 7.96. The first-order valence-corrected chi connectivity index (χ1v) is 10.2. The van der Waals surface area contributed by atoms with Crippen LogP contribution >= 0.6 is 11.3 Å². The first kappa shape index (κ1) is 19.4. The van der Waals surface area contributed by atoms with Gasteiger partial charge in [0.15, 0.2) is 0 Å². The first-order valence-electron chi connectivity index (χ1n) is 9.37. The van der Waals surface area contributed by atoms with Crippen LogP contribution in [0.1, 0.15) is 72.3 Å². The number of anilines is 1. The highest BCUT2D eigenvalue weighted by atomic mass is 32.1. The van der Waals surface area contributed by atoms with Crippen molar-refractivity contribution < 1.29 is 14.3 Å². The SMILES string of the molecule is COc1ccc(C(C)C(=O)Nc2scc(C3CCCCC3)c2C(N)=O)cc1. The predicted molar refractivity (Wildman–Crippen MR) is 109 cm³/mol. The Bertz CT molecular complexity index is 807. The van der Waals surface area contributed by atoms with E-state index in [2.05, 4.69) is 5.32 Å². The van der Waals surface area contributed by atoms with Crippen molar-refractivity contribution in [3.05, 3.63) is 46.3 Å². The van der Waals surface area contributed by atoms with E-state index in [4.69, 9.17) is 10.5 Å². The minimum atomic E-state index is -0.468. The van der Waals surface area contributed by atoms with Crippen molar-refractivity contribution in [2.24, 2.45) is 5.73 Å². The zero-order chi connectivity index (χ0) is 19.4. The Balaban J connectivity index is 1.78. The van der Waals surface area contributed by atoms with Gasteiger partial charge in [-0.05, 0) is 54.3 Å². The quantitative estimate of drug-likeness (QED) is 0.758. The molecule has 0 radical (unpaired) electrons. The van der Waals surface area contributed by atoms with Crippen LogP contribution in [0.5, 0.6) is 5.75 Å². The molecule has 144 valence electrons. The molecule has 1 aliphatic carbocycles. The molecule has 0 spiro atoms. The second-order valence-electron chi connectivity index (χ2n) is 7.08. The summed E-state index contributed by atoms with van der Waals surface area (Å²) in [5, 5.41) is 5.48. The number of hydrogen-bond donors (Lipinski definition) is 2. The van der Waals surface area contributed by atoms with Crippen molar-refractivity contribution in [1.29, 1.82) is 0 Å². The van der Waals surface area contributed by atoms with Gasteiger partial charge in [-0.25, -0.2) is 0 Å². The highest BCUT2D eigenvalue weighted by molar-refractivity contribution is 7.15. The Morgan fingerprint density at radius 3 is 2.44 bits per heavy atom. The summed E-state index contributed by atoms with van der Waals surface area (Å²) in [5.74, 6) is 0.140. The lowest BCUT2D eigenvalue weighted by Crippen LogP contribution is -2.22. The number of ether oxygens (including phenoxy) is 1. The fourth-order valence-electron chi connectivity index (χ4n) is 3.70. The summed E-state index contributed by atoms with van der Waals surface area (Å²) in [6, 6.07) is 7.42. The third-order valence-corrected chi connectivity index (χ3v) is 6.27. The molecule has 5 nitrogen and oxygen atoms in total. The molecular formula is C21H26N2O3S. The van der Waals surface area contributed by atoms with Crippen LogP contribution in [0.25, 0.3) is 0 Å². The second kappa shape index (κ2) is 8.57. The Labute approximate surface area is 163 Å². The van der Waals surface area contributed by atoms with Crippen LogP contribution in [0.3, 0.4) is 0 Å². The molecule has 3 rings (SSSR count). The first-order chi connectivity index (χ1) is 13.0. The van der Waals surface area contributed by atoms with Gasteiger partial charge in [0.2, 0.25) is 5.91 Å². The van der Waals surface area contributed by atoms with Crippen LogP contribution in [0.2, 0.25) is 0 Å². The molecule has 1 heterocycles. The van der Waals surface area contributed by atoms with E-state index in [1.54, 1.807) is 7.11 Å². The molecule has 27 heavy (non-hydrogen) atoms. The van der Waals surface area contributed by atoms with Gasteiger partial charge in [0.1, 0.15) is 10.8 Å². The molecule has 0 bridgehead atoms. The number of carbonyl (C=O) groups is 2. The van der Waals surface area contributed by atoms with E-state index in [0.717, 1.165) is 29.7 Å². The number of benzene rings is 1. The molecule has 0 saturated heterocycles. The van der Waals surface area contributed by atoms with Crippen LogP contribution in [0, 0.1) is 0 Å². The van der Waals surface area contributed by atoms with E-state index < -0.39 is 5.91 Å². The lowest BCUT2D eigenvalue weighted by Gasteiger charge is -2.22. The summed E-state index contributed by atoms with van der Waals surface area (Å²) in [6.45, 7) is 1.84. The molecule has 1 atom stereocenters. The topological polar surface area (TPSA) is 81.4 Å². The molecule has 1 saturated carbocycles. The van der Waals surface area contributed by atoms with Crippen molar-refractivity contribution in [2.75, 3.05) is 12.4 Å². The van der Waals surface area contributed by atoms with Gasteiger partial charge in [0.25, 0.3) is 5.91 Å².